The van der Waals surface area contributed by atoms with Gasteiger partial charge in [0.2, 0.25) is 0 Å². The first kappa shape index (κ1) is 102. The third-order valence-electron chi connectivity index (χ3n) is 20.0. The summed E-state index contributed by atoms with van der Waals surface area (Å²) < 4.78 is 68.9. The summed E-state index contributed by atoms with van der Waals surface area (Å²) in [5.41, 5.74) is 0. The maximum Gasteiger partial charge on any atom is 0.472 e. The van der Waals surface area contributed by atoms with Gasteiger partial charge in [0, 0.05) is 25.7 Å². The Morgan fingerprint density at radius 3 is 0.654 bits per heavy atom. The standard InChI is InChI=1S/C85H166O17P2/c1-7-9-11-13-15-17-19-21-22-23-24-28-32-38-44-50-56-62-68-83(88)96-73-80(101-84(89)69-63-57-51-45-39-33-29-26-25-27-31-35-41-47-53-59-65-77(3)4)75-99-103(91,92)97-71-79(86)72-98-104(93,94)100-76-81(74-95-82(87)67-61-55-49-43-37-30-20-18-16-14-12-10-8-2)102-85(90)70-64-58-52-46-40-34-36-42-48-54-60-66-78(5)6/h77-81,86H,7-76H2,1-6H3,(H,91,92)(H,93,94)/t79-,80-,81-/m1/s1. The number of aliphatic hydroxyl groups excluding tert-OH is 1. The van der Waals surface area contributed by atoms with Gasteiger partial charge in [0.05, 0.1) is 26.4 Å². The van der Waals surface area contributed by atoms with E-state index >= 15 is 0 Å². The molecule has 3 N–H and O–H groups in total. The minimum atomic E-state index is -4.97. The first-order chi connectivity index (χ1) is 50.4. The Morgan fingerprint density at radius 2 is 0.442 bits per heavy atom. The first-order valence-electron chi connectivity index (χ1n) is 44.0. The number of phosphoric ester groups is 2. The molecule has 0 aliphatic rings. The zero-order valence-electron chi connectivity index (χ0n) is 68.3. The van der Waals surface area contributed by atoms with E-state index in [2.05, 4.69) is 41.5 Å². The van der Waals surface area contributed by atoms with E-state index in [4.69, 9.17) is 37.0 Å². The summed E-state index contributed by atoms with van der Waals surface area (Å²) in [6.45, 7) is 9.70. The molecule has 0 rings (SSSR count). The van der Waals surface area contributed by atoms with Crippen molar-refractivity contribution in [2.75, 3.05) is 39.6 Å². The van der Waals surface area contributed by atoms with Crippen LogP contribution >= 0.6 is 15.6 Å². The SMILES string of the molecule is CCCCCCCCCCCCCCCCCCCCC(=O)OC[C@H](COP(=O)(O)OC[C@@H](O)COP(=O)(O)OC[C@@H](COC(=O)CCCCCCCCCCCCCCC)OC(=O)CCCCCCCCCCCCCC(C)C)OC(=O)CCCCCCCCCCCCCCCCCCC(C)C. The molecular weight excluding hydrogens is 1350 g/mol. The predicted molar refractivity (Wildman–Crippen MR) is 428 cm³/mol. The van der Waals surface area contributed by atoms with Crippen LogP contribution in [0, 0.1) is 11.8 Å². The summed E-state index contributed by atoms with van der Waals surface area (Å²) in [4.78, 5) is 73.2. The van der Waals surface area contributed by atoms with E-state index in [1.54, 1.807) is 0 Å². The lowest BCUT2D eigenvalue weighted by Gasteiger charge is -2.21. The average Bonchev–Trinajstić information content (AvgIpc) is 0.913. The molecule has 2 unspecified atom stereocenters. The highest BCUT2D eigenvalue weighted by Gasteiger charge is 2.30. The van der Waals surface area contributed by atoms with Gasteiger partial charge >= 0.3 is 39.5 Å². The molecule has 0 bridgehead atoms. The van der Waals surface area contributed by atoms with Crippen LogP contribution in [0.4, 0.5) is 0 Å². The van der Waals surface area contributed by atoms with Crippen LogP contribution in [0.5, 0.6) is 0 Å². The molecular formula is C85H166O17P2. The number of unbranched alkanes of at least 4 members (excludes halogenated alkanes) is 54. The molecule has 0 amide bonds. The molecule has 19 heteroatoms. The largest absolute Gasteiger partial charge is 0.472 e. The second kappa shape index (κ2) is 76.4. The highest BCUT2D eigenvalue weighted by molar-refractivity contribution is 7.47. The molecule has 5 atom stereocenters. The van der Waals surface area contributed by atoms with Gasteiger partial charge in [-0.05, 0) is 37.5 Å². The third kappa shape index (κ3) is 78.2. The highest BCUT2D eigenvalue weighted by atomic mass is 31.2. The molecule has 0 aromatic heterocycles. The maximum atomic E-state index is 13.1. The van der Waals surface area contributed by atoms with Crippen LogP contribution in [0.15, 0.2) is 0 Å². The smallest absolute Gasteiger partial charge is 0.462 e. The fourth-order valence-corrected chi connectivity index (χ4v) is 14.8. The van der Waals surface area contributed by atoms with E-state index < -0.39 is 97.5 Å². The molecule has 0 saturated carbocycles. The Hall–Kier alpha value is -1.94. The van der Waals surface area contributed by atoms with Crippen molar-refractivity contribution in [1.29, 1.82) is 0 Å². The van der Waals surface area contributed by atoms with Gasteiger partial charge in [-0.15, -0.1) is 0 Å². The lowest BCUT2D eigenvalue weighted by molar-refractivity contribution is -0.161. The van der Waals surface area contributed by atoms with Crippen molar-refractivity contribution in [1.82, 2.24) is 0 Å². The van der Waals surface area contributed by atoms with Crippen molar-refractivity contribution in [2.45, 2.75) is 471 Å². The number of carbonyl (C=O) groups excluding carboxylic acids is 4. The van der Waals surface area contributed by atoms with Gasteiger partial charge < -0.3 is 33.8 Å². The van der Waals surface area contributed by atoms with E-state index in [0.29, 0.717) is 25.7 Å². The molecule has 0 fully saturated rings. The van der Waals surface area contributed by atoms with Crippen molar-refractivity contribution in [3.63, 3.8) is 0 Å². The van der Waals surface area contributed by atoms with E-state index in [-0.39, 0.29) is 25.7 Å². The summed E-state index contributed by atoms with van der Waals surface area (Å²) >= 11 is 0. The van der Waals surface area contributed by atoms with Crippen LogP contribution in [0.1, 0.15) is 452 Å². The average molecular weight is 1520 g/mol. The molecule has 0 heterocycles. The van der Waals surface area contributed by atoms with Crippen LogP contribution in [0.3, 0.4) is 0 Å². The zero-order valence-corrected chi connectivity index (χ0v) is 70.1. The summed E-state index contributed by atoms with van der Waals surface area (Å²) in [5, 5.41) is 10.7. The molecule has 104 heavy (non-hydrogen) atoms. The van der Waals surface area contributed by atoms with Gasteiger partial charge in [0.1, 0.15) is 19.3 Å². The quantitative estimate of drug-likeness (QED) is 0.0222. The Morgan fingerprint density at radius 1 is 0.260 bits per heavy atom. The van der Waals surface area contributed by atoms with Crippen LogP contribution in [-0.2, 0) is 65.4 Å². The summed E-state index contributed by atoms with van der Waals surface area (Å²) in [6.07, 6.45) is 67.9. The summed E-state index contributed by atoms with van der Waals surface area (Å²) in [7, 11) is -9.93. The minimum Gasteiger partial charge on any atom is -0.462 e. The summed E-state index contributed by atoms with van der Waals surface area (Å²) in [6, 6.07) is 0. The van der Waals surface area contributed by atoms with Crippen LogP contribution in [0.25, 0.3) is 0 Å². The van der Waals surface area contributed by atoms with Gasteiger partial charge in [-0.25, -0.2) is 9.13 Å². The topological polar surface area (TPSA) is 237 Å². The van der Waals surface area contributed by atoms with Gasteiger partial charge in [-0.1, -0.05) is 401 Å². The minimum absolute atomic E-state index is 0.107. The number of ether oxygens (including phenoxy) is 4. The second-order valence-corrected chi connectivity index (χ2v) is 34.4. The highest BCUT2D eigenvalue weighted by Crippen LogP contribution is 2.45. The van der Waals surface area contributed by atoms with Crippen LogP contribution in [-0.4, -0.2) is 96.7 Å². The second-order valence-electron chi connectivity index (χ2n) is 31.5. The molecule has 0 spiro atoms. The monoisotopic (exact) mass is 1520 g/mol. The lowest BCUT2D eigenvalue weighted by Crippen LogP contribution is -2.30. The third-order valence-corrected chi connectivity index (χ3v) is 21.9. The molecule has 0 saturated heterocycles. The van der Waals surface area contributed by atoms with Crippen molar-refractivity contribution in [3.05, 3.63) is 0 Å². The van der Waals surface area contributed by atoms with Gasteiger partial charge in [-0.2, -0.15) is 0 Å². The number of esters is 4. The molecule has 618 valence electrons. The van der Waals surface area contributed by atoms with Crippen molar-refractivity contribution < 1.29 is 80.2 Å². The molecule has 0 aliphatic carbocycles. The van der Waals surface area contributed by atoms with E-state index in [9.17, 15) is 43.2 Å². The predicted octanol–water partition coefficient (Wildman–Crippen LogP) is 25.8. The molecule has 0 aromatic carbocycles. The Bertz CT molecular complexity index is 1990. The lowest BCUT2D eigenvalue weighted by atomic mass is 10.0. The van der Waals surface area contributed by atoms with Crippen molar-refractivity contribution >= 4 is 39.5 Å². The van der Waals surface area contributed by atoms with E-state index in [1.165, 1.54) is 270 Å². The van der Waals surface area contributed by atoms with Gasteiger partial charge in [0.25, 0.3) is 0 Å². The fourth-order valence-electron chi connectivity index (χ4n) is 13.2. The van der Waals surface area contributed by atoms with Crippen molar-refractivity contribution in [3.8, 4) is 0 Å². The van der Waals surface area contributed by atoms with Crippen LogP contribution in [0.2, 0.25) is 0 Å². The van der Waals surface area contributed by atoms with E-state index in [0.717, 1.165) is 102 Å². The Kier molecular flexibility index (Phi) is 75.0. The normalized spacial score (nSPS) is 13.8. The van der Waals surface area contributed by atoms with Gasteiger partial charge in [-0.3, -0.25) is 37.3 Å². The number of aliphatic hydroxyl groups is 1. The maximum absolute atomic E-state index is 13.1. The Balaban J connectivity index is 5.26. The van der Waals surface area contributed by atoms with Gasteiger partial charge in [0.15, 0.2) is 12.2 Å². The van der Waals surface area contributed by atoms with Crippen molar-refractivity contribution in [2.24, 2.45) is 11.8 Å². The molecule has 0 aromatic rings. The molecule has 17 nitrogen and oxygen atoms in total. The molecule has 0 radical (unpaired) electrons. The molecule has 0 aliphatic heterocycles. The first-order valence-corrected chi connectivity index (χ1v) is 47.0. The number of hydrogen-bond donors (Lipinski definition) is 3. The number of rotatable bonds is 84. The van der Waals surface area contributed by atoms with E-state index in [1.807, 2.05) is 0 Å². The number of hydrogen-bond acceptors (Lipinski definition) is 15. The number of carbonyl (C=O) groups is 4. The number of phosphoric acid groups is 2. The fraction of sp³-hybridized carbons (Fsp3) is 0.953. The zero-order chi connectivity index (χ0) is 76.4. The van der Waals surface area contributed by atoms with Crippen LogP contribution < -0.4 is 0 Å². The summed E-state index contributed by atoms with van der Waals surface area (Å²) in [5.74, 6) is -0.527. The Labute approximate surface area is 638 Å².